The van der Waals surface area contributed by atoms with Crippen LogP contribution in [0.2, 0.25) is 0 Å². The van der Waals surface area contributed by atoms with E-state index in [1.165, 1.54) is 0 Å². The molecule has 2 heteroatoms. The number of carbonyl (C=O) groups is 1. The molecule has 0 atom stereocenters. The molecular weight excluding hydrogens is 212 g/mol. The first-order valence-corrected chi connectivity index (χ1v) is 6.41. The first-order valence-electron chi connectivity index (χ1n) is 6.41. The summed E-state index contributed by atoms with van der Waals surface area (Å²) in [5.41, 5.74) is 3.01. The second-order valence-corrected chi connectivity index (χ2v) is 4.92. The number of Topliss-reactive ketones (excluding diaryl/α,β-unsaturated/α-hetero) is 1. The maximum absolute atomic E-state index is 12.1. The van der Waals surface area contributed by atoms with Crippen LogP contribution >= 0.6 is 0 Å². The van der Waals surface area contributed by atoms with Gasteiger partial charge in [0.05, 0.1) is 6.61 Å². The van der Waals surface area contributed by atoms with Gasteiger partial charge in [0.25, 0.3) is 0 Å². The van der Waals surface area contributed by atoms with Crippen molar-refractivity contribution in [2.24, 2.45) is 5.92 Å². The summed E-state index contributed by atoms with van der Waals surface area (Å²) in [6.07, 6.45) is 3.12. The Morgan fingerprint density at radius 2 is 1.88 bits per heavy atom. The van der Waals surface area contributed by atoms with E-state index in [9.17, 15) is 4.79 Å². The molecule has 0 spiro atoms. The Morgan fingerprint density at radius 3 is 2.35 bits per heavy atom. The molecule has 1 aromatic carbocycles. The van der Waals surface area contributed by atoms with E-state index in [1.54, 1.807) is 0 Å². The SMILES string of the molecule is CCCOc1cc(C)c(C(=O)C2CC2)c(C)c1. The van der Waals surface area contributed by atoms with Crippen LogP contribution in [-0.2, 0) is 0 Å². The summed E-state index contributed by atoms with van der Waals surface area (Å²) in [7, 11) is 0. The highest BCUT2D eigenvalue weighted by Crippen LogP contribution is 2.35. The van der Waals surface area contributed by atoms with E-state index in [0.29, 0.717) is 5.78 Å². The molecule has 0 bridgehead atoms. The summed E-state index contributed by atoms with van der Waals surface area (Å²) in [4.78, 5) is 12.1. The van der Waals surface area contributed by atoms with Gasteiger partial charge in [-0.2, -0.15) is 0 Å². The minimum atomic E-state index is 0.287. The first kappa shape index (κ1) is 12.2. The van der Waals surface area contributed by atoms with Crippen LogP contribution in [0.3, 0.4) is 0 Å². The fourth-order valence-corrected chi connectivity index (χ4v) is 2.17. The molecule has 0 aromatic heterocycles. The predicted octanol–water partition coefficient (Wildman–Crippen LogP) is 3.68. The highest BCUT2D eigenvalue weighted by atomic mass is 16.5. The number of aryl methyl sites for hydroxylation is 2. The summed E-state index contributed by atoms with van der Waals surface area (Å²) in [6.45, 7) is 6.82. The van der Waals surface area contributed by atoms with Crippen molar-refractivity contribution in [1.82, 2.24) is 0 Å². The van der Waals surface area contributed by atoms with E-state index < -0.39 is 0 Å². The Kier molecular flexibility index (Phi) is 3.51. The zero-order valence-electron chi connectivity index (χ0n) is 10.9. The summed E-state index contributed by atoms with van der Waals surface area (Å²) >= 11 is 0. The number of carbonyl (C=O) groups excluding carboxylic acids is 1. The summed E-state index contributed by atoms with van der Waals surface area (Å²) in [6, 6.07) is 3.97. The van der Waals surface area contributed by atoms with Crippen molar-refractivity contribution in [2.45, 2.75) is 40.0 Å². The van der Waals surface area contributed by atoms with E-state index in [2.05, 4.69) is 6.92 Å². The average molecular weight is 232 g/mol. The summed E-state index contributed by atoms with van der Waals surface area (Å²) < 4.78 is 5.62. The Hall–Kier alpha value is -1.31. The van der Waals surface area contributed by atoms with Crippen molar-refractivity contribution < 1.29 is 9.53 Å². The van der Waals surface area contributed by atoms with Gasteiger partial charge >= 0.3 is 0 Å². The Labute approximate surface area is 103 Å². The van der Waals surface area contributed by atoms with Crippen LogP contribution in [-0.4, -0.2) is 12.4 Å². The molecule has 0 heterocycles. The lowest BCUT2D eigenvalue weighted by molar-refractivity contribution is 0.0966. The van der Waals surface area contributed by atoms with Gasteiger partial charge in [-0.15, -0.1) is 0 Å². The Bertz CT molecular complexity index is 408. The standard InChI is InChI=1S/C15H20O2/c1-4-7-17-13-8-10(2)14(11(3)9-13)15(16)12-5-6-12/h8-9,12H,4-7H2,1-3H3. The van der Waals surface area contributed by atoms with Crippen LogP contribution < -0.4 is 4.74 Å². The molecule has 0 saturated heterocycles. The Morgan fingerprint density at radius 1 is 1.29 bits per heavy atom. The molecule has 92 valence electrons. The van der Waals surface area contributed by atoms with E-state index >= 15 is 0 Å². The highest BCUT2D eigenvalue weighted by molar-refractivity contribution is 6.01. The fraction of sp³-hybridized carbons (Fsp3) is 0.533. The monoisotopic (exact) mass is 232 g/mol. The third-order valence-electron chi connectivity index (χ3n) is 3.17. The zero-order chi connectivity index (χ0) is 12.4. The normalized spacial score (nSPS) is 14.8. The molecule has 1 saturated carbocycles. The third kappa shape index (κ3) is 2.68. The third-order valence-corrected chi connectivity index (χ3v) is 3.17. The molecule has 0 unspecified atom stereocenters. The molecule has 1 aliphatic rings. The van der Waals surface area contributed by atoms with E-state index in [1.807, 2.05) is 26.0 Å². The number of hydrogen-bond donors (Lipinski definition) is 0. The molecular formula is C15H20O2. The van der Waals surface area contributed by atoms with Crippen molar-refractivity contribution >= 4 is 5.78 Å². The van der Waals surface area contributed by atoms with E-state index in [-0.39, 0.29) is 5.92 Å². The molecule has 1 aromatic rings. The number of ketones is 1. The molecule has 2 rings (SSSR count). The fourth-order valence-electron chi connectivity index (χ4n) is 2.17. The lowest BCUT2D eigenvalue weighted by Crippen LogP contribution is -2.07. The zero-order valence-corrected chi connectivity index (χ0v) is 10.9. The first-order chi connectivity index (χ1) is 8.13. The molecule has 0 radical (unpaired) electrons. The van der Waals surface area contributed by atoms with Gasteiger partial charge in [0.1, 0.15) is 5.75 Å². The van der Waals surface area contributed by atoms with E-state index in [0.717, 1.165) is 48.3 Å². The molecule has 0 amide bonds. The van der Waals surface area contributed by atoms with Crippen molar-refractivity contribution in [3.8, 4) is 5.75 Å². The number of benzene rings is 1. The minimum Gasteiger partial charge on any atom is -0.494 e. The molecule has 1 aliphatic carbocycles. The van der Waals surface area contributed by atoms with Gasteiger partial charge < -0.3 is 4.74 Å². The largest absolute Gasteiger partial charge is 0.494 e. The minimum absolute atomic E-state index is 0.287. The topological polar surface area (TPSA) is 26.3 Å². The molecule has 17 heavy (non-hydrogen) atoms. The summed E-state index contributed by atoms with van der Waals surface area (Å²) in [5.74, 6) is 1.49. The van der Waals surface area contributed by atoms with Crippen molar-refractivity contribution in [3.05, 3.63) is 28.8 Å². The quantitative estimate of drug-likeness (QED) is 0.724. The van der Waals surface area contributed by atoms with Crippen molar-refractivity contribution in [2.75, 3.05) is 6.61 Å². The number of hydrogen-bond acceptors (Lipinski definition) is 2. The van der Waals surface area contributed by atoms with Crippen LogP contribution in [0.5, 0.6) is 5.75 Å². The summed E-state index contributed by atoms with van der Waals surface area (Å²) in [5, 5.41) is 0. The average Bonchev–Trinajstić information content (AvgIpc) is 3.08. The second-order valence-electron chi connectivity index (χ2n) is 4.92. The smallest absolute Gasteiger partial charge is 0.166 e. The van der Waals surface area contributed by atoms with Gasteiger partial charge in [-0.05, 0) is 56.4 Å². The van der Waals surface area contributed by atoms with Crippen molar-refractivity contribution in [3.63, 3.8) is 0 Å². The van der Waals surface area contributed by atoms with Crippen LogP contribution in [0.4, 0.5) is 0 Å². The van der Waals surface area contributed by atoms with Gasteiger partial charge in [-0.1, -0.05) is 6.92 Å². The van der Waals surface area contributed by atoms with Gasteiger partial charge in [-0.3, -0.25) is 4.79 Å². The molecule has 0 N–H and O–H groups in total. The van der Waals surface area contributed by atoms with Crippen LogP contribution in [0.25, 0.3) is 0 Å². The van der Waals surface area contributed by atoms with E-state index in [4.69, 9.17) is 4.74 Å². The molecule has 0 aliphatic heterocycles. The van der Waals surface area contributed by atoms with Gasteiger partial charge in [0.15, 0.2) is 5.78 Å². The van der Waals surface area contributed by atoms with Crippen LogP contribution in [0.15, 0.2) is 12.1 Å². The predicted molar refractivity (Wildman–Crippen MR) is 68.8 cm³/mol. The van der Waals surface area contributed by atoms with Gasteiger partial charge in [0.2, 0.25) is 0 Å². The maximum Gasteiger partial charge on any atom is 0.166 e. The number of rotatable bonds is 5. The molecule has 1 fully saturated rings. The van der Waals surface area contributed by atoms with Crippen LogP contribution in [0.1, 0.15) is 47.7 Å². The second kappa shape index (κ2) is 4.91. The van der Waals surface area contributed by atoms with Crippen LogP contribution in [0, 0.1) is 19.8 Å². The highest BCUT2D eigenvalue weighted by Gasteiger charge is 2.32. The lowest BCUT2D eigenvalue weighted by atomic mass is 9.96. The van der Waals surface area contributed by atoms with Gasteiger partial charge in [0, 0.05) is 11.5 Å². The Balaban J connectivity index is 2.25. The number of ether oxygens (including phenoxy) is 1. The molecule has 2 nitrogen and oxygen atoms in total. The lowest BCUT2D eigenvalue weighted by Gasteiger charge is -2.12. The van der Waals surface area contributed by atoms with Gasteiger partial charge in [-0.25, -0.2) is 0 Å². The van der Waals surface area contributed by atoms with Crippen molar-refractivity contribution in [1.29, 1.82) is 0 Å². The maximum atomic E-state index is 12.1.